The maximum Gasteiger partial charge on any atom is 0.249 e. The van der Waals surface area contributed by atoms with E-state index in [9.17, 15) is 9.18 Å². The lowest BCUT2D eigenvalue weighted by Crippen LogP contribution is -2.16. The van der Waals surface area contributed by atoms with Crippen molar-refractivity contribution in [3.05, 3.63) is 70.6 Å². The number of nitrogens with one attached hydrogen (secondary N) is 1. The number of carbonyl (C=O) groups is 1. The summed E-state index contributed by atoms with van der Waals surface area (Å²) in [6, 6.07) is 9.72. The minimum absolute atomic E-state index is 0.0543. The summed E-state index contributed by atoms with van der Waals surface area (Å²) < 4.78 is 31.8. The van der Waals surface area contributed by atoms with Crippen molar-refractivity contribution >= 4 is 29.4 Å². The highest BCUT2D eigenvalue weighted by molar-refractivity contribution is 6.30. The molecule has 1 aliphatic heterocycles. The number of methoxy groups -OCH3 is 1. The van der Waals surface area contributed by atoms with Gasteiger partial charge in [-0.2, -0.15) is 5.10 Å². The first-order valence-corrected chi connectivity index (χ1v) is 9.84. The summed E-state index contributed by atoms with van der Waals surface area (Å²) in [6.45, 7) is 1.18. The number of carbonyl (C=O) groups excluding carboxylic acids is 1. The van der Waals surface area contributed by atoms with Gasteiger partial charge in [0.15, 0.2) is 11.5 Å². The van der Waals surface area contributed by atoms with Crippen LogP contribution in [0.3, 0.4) is 0 Å². The van der Waals surface area contributed by atoms with Crippen LogP contribution in [0.25, 0.3) is 6.08 Å². The van der Waals surface area contributed by atoms with Gasteiger partial charge in [-0.05, 0) is 41.5 Å². The molecule has 9 heteroatoms. The van der Waals surface area contributed by atoms with Crippen molar-refractivity contribution < 1.29 is 23.4 Å². The van der Waals surface area contributed by atoms with Gasteiger partial charge in [-0.3, -0.25) is 4.79 Å². The highest BCUT2D eigenvalue weighted by atomic mass is 35.5. The number of rotatable bonds is 6. The van der Waals surface area contributed by atoms with Crippen LogP contribution in [-0.4, -0.2) is 36.0 Å². The predicted octanol–water partition coefficient (Wildman–Crippen LogP) is 4.16. The Morgan fingerprint density at radius 3 is 2.94 bits per heavy atom. The van der Waals surface area contributed by atoms with Gasteiger partial charge in [-0.25, -0.2) is 9.07 Å². The lowest BCUT2D eigenvalue weighted by atomic mass is 10.1. The fourth-order valence-electron chi connectivity index (χ4n) is 3.11. The number of anilines is 1. The van der Waals surface area contributed by atoms with Crippen molar-refractivity contribution in [1.29, 1.82) is 0 Å². The second-order valence-corrected chi connectivity index (χ2v) is 7.10. The maximum atomic E-state index is 13.7. The molecule has 0 fully saturated rings. The Labute approximate surface area is 183 Å². The lowest BCUT2D eigenvalue weighted by Gasteiger charge is -2.20. The molecule has 0 spiro atoms. The zero-order chi connectivity index (χ0) is 21.8. The number of hydrogen-bond acceptors (Lipinski definition) is 5. The largest absolute Gasteiger partial charge is 0.493 e. The minimum Gasteiger partial charge on any atom is -0.493 e. The average Bonchev–Trinajstić information content (AvgIpc) is 3.20. The first-order valence-electron chi connectivity index (χ1n) is 9.46. The summed E-state index contributed by atoms with van der Waals surface area (Å²) in [4.78, 5) is 12.4. The van der Waals surface area contributed by atoms with Gasteiger partial charge >= 0.3 is 0 Å². The van der Waals surface area contributed by atoms with Crippen LogP contribution in [0.15, 0.2) is 48.7 Å². The molecule has 0 unspecified atom stereocenters. The number of nitrogens with zero attached hydrogens (tertiary/aromatic N) is 2. The topological polar surface area (TPSA) is 74.6 Å². The average molecular weight is 444 g/mol. The molecule has 0 aliphatic carbocycles. The summed E-state index contributed by atoms with van der Waals surface area (Å²) in [6.07, 6.45) is 4.59. The summed E-state index contributed by atoms with van der Waals surface area (Å²) in [5.41, 5.74) is 1.39. The number of hydrogen-bond donors (Lipinski definition) is 1. The Morgan fingerprint density at radius 1 is 1.29 bits per heavy atom. The Hall–Kier alpha value is -3.52. The van der Waals surface area contributed by atoms with Crippen molar-refractivity contribution in [2.45, 2.75) is 6.54 Å². The van der Waals surface area contributed by atoms with Gasteiger partial charge < -0.3 is 19.5 Å². The Morgan fingerprint density at radius 2 is 2.13 bits per heavy atom. The van der Waals surface area contributed by atoms with E-state index in [0.717, 1.165) is 5.56 Å². The highest BCUT2D eigenvalue weighted by Crippen LogP contribution is 2.40. The van der Waals surface area contributed by atoms with Crippen LogP contribution in [0.4, 0.5) is 10.2 Å². The molecule has 7 nitrogen and oxygen atoms in total. The van der Waals surface area contributed by atoms with Gasteiger partial charge in [0, 0.05) is 12.1 Å². The molecule has 0 atom stereocenters. The molecule has 31 heavy (non-hydrogen) atoms. The van der Waals surface area contributed by atoms with Gasteiger partial charge in [0.05, 0.1) is 24.9 Å². The molecule has 1 amide bonds. The first-order chi connectivity index (χ1) is 15.0. The maximum absolute atomic E-state index is 13.7. The van der Waals surface area contributed by atoms with E-state index < -0.39 is 5.82 Å². The molecule has 1 aromatic heterocycles. The molecule has 160 valence electrons. The van der Waals surface area contributed by atoms with Crippen LogP contribution >= 0.6 is 11.6 Å². The second-order valence-electron chi connectivity index (χ2n) is 6.69. The zero-order valence-corrected chi connectivity index (χ0v) is 17.4. The number of amides is 1. The van der Waals surface area contributed by atoms with E-state index in [1.807, 2.05) is 0 Å². The molecule has 0 saturated heterocycles. The van der Waals surface area contributed by atoms with Crippen molar-refractivity contribution in [3.8, 4) is 17.2 Å². The van der Waals surface area contributed by atoms with Crippen molar-refractivity contribution in [1.82, 2.24) is 9.78 Å². The smallest absolute Gasteiger partial charge is 0.249 e. The second kappa shape index (κ2) is 9.09. The quantitative estimate of drug-likeness (QED) is 0.579. The molecular formula is C22H19ClFN3O4. The molecule has 3 aromatic rings. The van der Waals surface area contributed by atoms with Gasteiger partial charge in [-0.15, -0.1) is 0 Å². The predicted molar refractivity (Wildman–Crippen MR) is 114 cm³/mol. The van der Waals surface area contributed by atoms with Crippen molar-refractivity contribution in [3.63, 3.8) is 0 Å². The van der Waals surface area contributed by atoms with Crippen LogP contribution in [0.1, 0.15) is 11.1 Å². The monoisotopic (exact) mass is 443 g/mol. The van der Waals surface area contributed by atoms with Crippen molar-refractivity contribution in [2.24, 2.45) is 0 Å². The first kappa shape index (κ1) is 20.7. The fourth-order valence-corrected chi connectivity index (χ4v) is 3.22. The van der Waals surface area contributed by atoms with E-state index >= 15 is 0 Å². The van der Waals surface area contributed by atoms with Crippen LogP contribution in [-0.2, 0) is 11.3 Å². The summed E-state index contributed by atoms with van der Waals surface area (Å²) in [5.74, 6) is 1.28. The third-order valence-electron chi connectivity index (χ3n) is 4.56. The Bertz CT molecular complexity index is 1130. The van der Waals surface area contributed by atoms with Gasteiger partial charge in [-0.1, -0.05) is 17.7 Å². The number of halogens is 2. The van der Waals surface area contributed by atoms with E-state index in [0.29, 0.717) is 41.8 Å². The van der Waals surface area contributed by atoms with E-state index in [1.165, 1.54) is 18.2 Å². The van der Waals surface area contributed by atoms with Crippen molar-refractivity contribution in [2.75, 3.05) is 25.6 Å². The molecular weight excluding hydrogens is 425 g/mol. The molecule has 1 aliphatic rings. The lowest BCUT2D eigenvalue weighted by molar-refractivity contribution is -0.111. The highest BCUT2D eigenvalue weighted by Gasteiger charge is 2.18. The number of aromatic nitrogens is 2. The molecule has 2 heterocycles. The molecule has 4 rings (SSSR count). The SMILES string of the molecule is COc1cc(/C=C/C(=O)Nc2ccnn2Cc2ccc(Cl)c(F)c2)cc2c1OCCO2. The van der Waals surface area contributed by atoms with E-state index in [-0.39, 0.29) is 17.5 Å². The normalized spacial score (nSPS) is 12.7. The van der Waals surface area contributed by atoms with Crippen LogP contribution < -0.4 is 19.5 Å². The van der Waals surface area contributed by atoms with Gasteiger partial charge in [0.2, 0.25) is 11.7 Å². The van der Waals surface area contributed by atoms with Gasteiger partial charge in [0.1, 0.15) is 24.8 Å². The number of fused-ring (bicyclic) bond motifs is 1. The standard InChI is InChI=1S/C22H19ClFN3O4/c1-29-18-11-14(12-19-22(18)31-9-8-30-19)3-5-21(28)26-20-6-7-25-27(20)13-15-2-4-16(23)17(24)10-15/h2-7,10-12H,8-9,13H2,1H3,(H,26,28)/b5-3+. The molecule has 1 N–H and O–H groups in total. The van der Waals surface area contributed by atoms with Gasteiger partial charge in [0.25, 0.3) is 0 Å². The number of benzene rings is 2. The van der Waals surface area contributed by atoms with E-state index in [2.05, 4.69) is 10.4 Å². The van der Waals surface area contributed by atoms with E-state index in [4.69, 9.17) is 25.8 Å². The fraction of sp³-hybridized carbons (Fsp3) is 0.182. The summed E-state index contributed by atoms with van der Waals surface area (Å²) in [7, 11) is 1.54. The Balaban J connectivity index is 1.45. The third kappa shape index (κ3) is 4.80. The number of ether oxygens (including phenoxy) is 3. The summed E-state index contributed by atoms with van der Waals surface area (Å²) in [5, 5.41) is 7.00. The molecule has 0 radical (unpaired) electrons. The molecule has 0 saturated carbocycles. The Kier molecular flexibility index (Phi) is 6.08. The van der Waals surface area contributed by atoms with Crippen LogP contribution in [0.2, 0.25) is 5.02 Å². The minimum atomic E-state index is -0.505. The van der Waals surface area contributed by atoms with Crippen LogP contribution in [0.5, 0.6) is 17.2 Å². The molecule has 2 aromatic carbocycles. The van der Waals surface area contributed by atoms with Crippen LogP contribution in [0, 0.1) is 5.82 Å². The van der Waals surface area contributed by atoms with E-state index in [1.54, 1.807) is 48.3 Å². The summed E-state index contributed by atoms with van der Waals surface area (Å²) >= 11 is 5.72. The third-order valence-corrected chi connectivity index (χ3v) is 4.87. The zero-order valence-electron chi connectivity index (χ0n) is 16.6. The molecule has 0 bridgehead atoms.